The molecule has 0 aliphatic carbocycles. The summed E-state index contributed by atoms with van der Waals surface area (Å²) in [6.45, 7) is -2.73. The maximum atomic E-state index is 12.9. The maximum absolute atomic E-state index is 12.9. The first kappa shape index (κ1) is 16.7. The predicted octanol–water partition coefficient (Wildman–Crippen LogP) is -0.797. The van der Waals surface area contributed by atoms with E-state index in [4.69, 9.17) is 4.74 Å². The van der Waals surface area contributed by atoms with Gasteiger partial charge < -0.3 is 17.7 Å². The SMILES string of the molecule is CCc1cc([B-](F)(F)F)n(C2CCCCO2)n1.[K+]. The van der Waals surface area contributed by atoms with Gasteiger partial charge >= 0.3 is 58.4 Å². The molecule has 0 saturated carbocycles. The molecule has 0 spiro atoms. The topological polar surface area (TPSA) is 27.1 Å². The Balaban J connectivity index is 0.00000162. The number of aryl methyl sites for hydroxylation is 1. The molecule has 2 rings (SSSR count). The zero-order valence-corrected chi connectivity index (χ0v) is 13.8. The quantitative estimate of drug-likeness (QED) is 0.681. The molecule has 1 unspecified atom stereocenters. The van der Waals surface area contributed by atoms with Gasteiger partial charge in [-0.25, -0.2) is 0 Å². The summed E-state index contributed by atoms with van der Waals surface area (Å²) < 4.78 is 45.1. The van der Waals surface area contributed by atoms with Gasteiger partial charge in [0.25, 0.3) is 0 Å². The molecule has 0 aromatic carbocycles. The second kappa shape index (κ2) is 6.90. The van der Waals surface area contributed by atoms with Gasteiger partial charge in [0.15, 0.2) is 0 Å². The van der Waals surface area contributed by atoms with Crippen molar-refractivity contribution in [2.75, 3.05) is 6.61 Å². The van der Waals surface area contributed by atoms with Crippen molar-refractivity contribution in [1.29, 1.82) is 0 Å². The molecule has 1 atom stereocenters. The van der Waals surface area contributed by atoms with Gasteiger partial charge in [0, 0.05) is 6.61 Å². The van der Waals surface area contributed by atoms with Gasteiger partial charge in [0.05, 0.1) is 5.69 Å². The van der Waals surface area contributed by atoms with Gasteiger partial charge in [-0.2, -0.15) is 5.10 Å². The van der Waals surface area contributed by atoms with Crippen molar-refractivity contribution in [3.05, 3.63) is 11.8 Å². The van der Waals surface area contributed by atoms with Crippen molar-refractivity contribution in [2.24, 2.45) is 0 Å². The Hall–Kier alpha value is 0.661. The van der Waals surface area contributed by atoms with Crippen molar-refractivity contribution in [3.63, 3.8) is 0 Å². The first-order valence-electron chi connectivity index (χ1n) is 5.92. The van der Waals surface area contributed by atoms with Crippen LogP contribution in [0.15, 0.2) is 6.07 Å². The van der Waals surface area contributed by atoms with Gasteiger partial charge in [-0.3, -0.25) is 4.68 Å². The van der Waals surface area contributed by atoms with Crippen molar-refractivity contribution in [3.8, 4) is 0 Å². The molecule has 0 bridgehead atoms. The van der Waals surface area contributed by atoms with E-state index in [2.05, 4.69) is 5.10 Å². The van der Waals surface area contributed by atoms with Crippen LogP contribution in [-0.2, 0) is 11.2 Å². The van der Waals surface area contributed by atoms with Gasteiger partial charge in [-0.1, -0.05) is 6.92 Å². The molecule has 96 valence electrons. The van der Waals surface area contributed by atoms with Crippen LogP contribution in [-0.4, -0.2) is 23.4 Å². The van der Waals surface area contributed by atoms with E-state index < -0.39 is 18.8 Å². The fraction of sp³-hybridized carbons (Fsp3) is 0.700. The van der Waals surface area contributed by atoms with Gasteiger partial charge in [-0.05, 0) is 37.3 Å². The molecular weight excluding hydrogens is 271 g/mol. The average Bonchev–Trinajstić information content (AvgIpc) is 2.74. The molecule has 3 nitrogen and oxygen atoms in total. The monoisotopic (exact) mass is 286 g/mol. The first-order valence-corrected chi connectivity index (χ1v) is 5.92. The van der Waals surface area contributed by atoms with Crippen LogP contribution in [0.4, 0.5) is 12.9 Å². The molecule has 1 saturated heterocycles. The van der Waals surface area contributed by atoms with Crippen LogP contribution in [0, 0.1) is 0 Å². The van der Waals surface area contributed by atoms with Crippen molar-refractivity contribution in [2.45, 2.75) is 38.8 Å². The Bertz CT molecular complexity index is 391. The second-order valence-corrected chi connectivity index (χ2v) is 4.25. The van der Waals surface area contributed by atoms with Crippen LogP contribution in [0.2, 0.25) is 0 Å². The second-order valence-electron chi connectivity index (χ2n) is 4.25. The molecule has 0 amide bonds. The Labute approximate surface area is 147 Å². The fourth-order valence-corrected chi connectivity index (χ4v) is 2.03. The smallest absolute Gasteiger partial charge is 0.444 e. The normalized spacial score (nSPS) is 20.6. The third-order valence-electron chi connectivity index (χ3n) is 2.94. The molecule has 18 heavy (non-hydrogen) atoms. The number of aromatic nitrogens is 2. The Morgan fingerprint density at radius 2 is 2.17 bits per heavy atom. The van der Waals surface area contributed by atoms with Crippen molar-refractivity contribution < 1.29 is 69.1 Å². The molecule has 2 heterocycles. The van der Waals surface area contributed by atoms with Crippen LogP contribution < -0.4 is 57.0 Å². The third-order valence-corrected chi connectivity index (χ3v) is 2.94. The Kier molecular flexibility index (Phi) is 6.40. The zero-order chi connectivity index (χ0) is 12.5. The largest absolute Gasteiger partial charge is 1.00 e. The van der Waals surface area contributed by atoms with Gasteiger partial charge in [0.2, 0.25) is 0 Å². The molecule has 1 aliphatic heterocycles. The summed E-state index contributed by atoms with van der Waals surface area (Å²) in [5.74, 6) is 0. The number of halogens is 3. The van der Waals surface area contributed by atoms with Crippen LogP contribution in [0.25, 0.3) is 0 Å². The molecule has 1 fully saturated rings. The van der Waals surface area contributed by atoms with E-state index in [-0.39, 0.29) is 51.4 Å². The van der Waals surface area contributed by atoms with E-state index in [1.807, 2.05) is 0 Å². The Morgan fingerprint density at radius 3 is 2.67 bits per heavy atom. The number of ether oxygens (including phenoxy) is 1. The van der Waals surface area contributed by atoms with E-state index >= 15 is 0 Å². The zero-order valence-electron chi connectivity index (χ0n) is 10.7. The molecule has 0 radical (unpaired) electrons. The average molecular weight is 286 g/mol. The molecule has 8 heteroatoms. The molecular formula is C10H15BF3KN2O. The van der Waals surface area contributed by atoms with Crippen LogP contribution in [0.3, 0.4) is 0 Å². The number of hydrogen-bond acceptors (Lipinski definition) is 2. The van der Waals surface area contributed by atoms with Gasteiger partial charge in [-0.15, -0.1) is 0 Å². The van der Waals surface area contributed by atoms with E-state index in [1.165, 1.54) is 0 Å². The number of nitrogens with zero attached hydrogens (tertiary/aromatic N) is 2. The molecule has 1 aliphatic rings. The van der Waals surface area contributed by atoms with E-state index in [0.29, 0.717) is 25.1 Å². The summed E-state index contributed by atoms with van der Waals surface area (Å²) in [7, 11) is 0. The maximum Gasteiger partial charge on any atom is 1.00 e. The van der Waals surface area contributed by atoms with Crippen LogP contribution in [0.5, 0.6) is 0 Å². The molecule has 1 aromatic heterocycles. The number of rotatable bonds is 3. The van der Waals surface area contributed by atoms with Crippen LogP contribution >= 0.6 is 0 Å². The van der Waals surface area contributed by atoms with Gasteiger partial charge in [0.1, 0.15) is 6.23 Å². The minimum Gasteiger partial charge on any atom is -0.444 e. The summed E-state index contributed by atoms with van der Waals surface area (Å²) >= 11 is 0. The summed E-state index contributed by atoms with van der Waals surface area (Å²) in [5.41, 5.74) is -0.179. The van der Waals surface area contributed by atoms with E-state index in [0.717, 1.165) is 23.6 Å². The first-order chi connectivity index (χ1) is 8.02. The molecule has 0 N–H and O–H groups in total. The van der Waals surface area contributed by atoms with Crippen LogP contribution in [0.1, 0.15) is 38.1 Å². The standard InChI is InChI=1S/C10H15BF3N2O.K/c1-2-8-7-9(11(12,13)14)16(15-8)10-5-3-4-6-17-10;/h7,10H,2-6H2,1H3;/q-1;+1. The third kappa shape index (κ3) is 3.83. The predicted molar refractivity (Wildman–Crippen MR) is 59.2 cm³/mol. The minimum absolute atomic E-state index is 0. The minimum atomic E-state index is -5.03. The summed E-state index contributed by atoms with van der Waals surface area (Å²) in [6.07, 6.45) is 2.34. The fourth-order valence-electron chi connectivity index (χ4n) is 2.03. The van der Waals surface area contributed by atoms with Crippen molar-refractivity contribution >= 4 is 12.6 Å². The number of hydrogen-bond donors (Lipinski definition) is 0. The Morgan fingerprint density at radius 1 is 1.44 bits per heavy atom. The summed E-state index contributed by atoms with van der Waals surface area (Å²) in [6, 6.07) is 1.14. The van der Waals surface area contributed by atoms with E-state index in [1.54, 1.807) is 6.92 Å². The van der Waals surface area contributed by atoms with E-state index in [9.17, 15) is 12.9 Å². The molecule has 1 aromatic rings. The summed E-state index contributed by atoms with van der Waals surface area (Å²) in [4.78, 5) is 0. The summed E-state index contributed by atoms with van der Waals surface area (Å²) in [5, 5.41) is 4.01. The van der Waals surface area contributed by atoms with Crippen molar-refractivity contribution in [1.82, 2.24) is 9.78 Å².